The number of carbonyl (C=O) groups is 2. The first-order chi connectivity index (χ1) is 15.9. The smallest absolute Gasteiger partial charge is 0.387 e. The first-order valence-corrected chi connectivity index (χ1v) is 9.87. The molecule has 0 saturated carbocycles. The summed E-state index contributed by atoms with van der Waals surface area (Å²) in [4.78, 5) is 24.4. The van der Waals surface area contributed by atoms with Crippen LogP contribution in [0, 0.1) is 0 Å². The average molecular weight is 453 g/mol. The van der Waals surface area contributed by atoms with Gasteiger partial charge in [-0.25, -0.2) is 0 Å². The largest absolute Gasteiger partial charge is 0.493 e. The number of nitrogens with one attached hydrogen (secondary N) is 1. The number of amides is 1. The van der Waals surface area contributed by atoms with Crippen LogP contribution in [-0.2, 0) is 4.79 Å². The molecular formula is C25H21F2NO5. The zero-order chi connectivity index (χ0) is 23.6. The number of allylic oxidation sites excluding steroid dienone is 1. The van der Waals surface area contributed by atoms with Gasteiger partial charge in [0.05, 0.1) is 7.11 Å². The first-order valence-electron chi connectivity index (χ1n) is 9.87. The number of methoxy groups -OCH3 is 1. The van der Waals surface area contributed by atoms with Gasteiger partial charge in [-0.1, -0.05) is 30.3 Å². The molecule has 0 aliphatic rings. The van der Waals surface area contributed by atoms with Crippen molar-refractivity contribution < 1.29 is 32.6 Å². The first kappa shape index (κ1) is 23.5. The van der Waals surface area contributed by atoms with E-state index in [-0.39, 0.29) is 24.0 Å². The molecule has 0 saturated heterocycles. The molecule has 0 atom stereocenters. The molecule has 6 nitrogen and oxygen atoms in total. The normalized spacial score (nSPS) is 10.8. The molecule has 33 heavy (non-hydrogen) atoms. The van der Waals surface area contributed by atoms with Gasteiger partial charge in [0.15, 0.2) is 23.9 Å². The van der Waals surface area contributed by atoms with Gasteiger partial charge in [-0.05, 0) is 60.2 Å². The predicted molar refractivity (Wildman–Crippen MR) is 120 cm³/mol. The number of hydrogen-bond acceptors (Lipinski definition) is 5. The van der Waals surface area contributed by atoms with Crippen molar-refractivity contribution in [1.82, 2.24) is 0 Å². The topological polar surface area (TPSA) is 73.9 Å². The second kappa shape index (κ2) is 11.4. The van der Waals surface area contributed by atoms with Gasteiger partial charge in [-0.15, -0.1) is 0 Å². The van der Waals surface area contributed by atoms with Gasteiger partial charge in [0, 0.05) is 11.3 Å². The highest BCUT2D eigenvalue weighted by Gasteiger charge is 2.10. The molecule has 0 spiro atoms. The molecule has 1 amide bonds. The number of benzene rings is 3. The van der Waals surface area contributed by atoms with Crippen molar-refractivity contribution in [3.8, 4) is 17.2 Å². The van der Waals surface area contributed by atoms with Crippen molar-refractivity contribution in [3.05, 3.63) is 90.0 Å². The van der Waals surface area contributed by atoms with Crippen LogP contribution >= 0.6 is 0 Å². The molecule has 0 fully saturated rings. The van der Waals surface area contributed by atoms with E-state index >= 15 is 0 Å². The van der Waals surface area contributed by atoms with Crippen molar-refractivity contribution in [3.63, 3.8) is 0 Å². The Labute approximate surface area is 189 Å². The molecule has 0 aromatic heterocycles. The quantitative estimate of drug-likeness (QED) is 0.337. The summed E-state index contributed by atoms with van der Waals surface area (Å²) < 4.78 is 39.6. The van der Waals surface area contributed by atoms with E-state index in [0.717, 1.165) is 0 Å². The van der Waals surface area contributed by atoms with Crippen molar-refractivity contribution in [2.45, 2.75) is 6.61 Å². The number of halogens is 2. The van der Waals surface area contributed by atoms with Crippen LogP contribution in [-0.4, -0.2) is 32.0 Å². The third-order valence-electron chi connectivity index (χ3n) is 4.40. The lowest BCUT2D eigenvalue weighted by Crippen LogP contribution is -2.20. The number of anilines is 1. The number of ether oxygens (including phenoxy) is 3. The molecule has 0 aliphatic heterocycles. The van der Waals surface area contributed by atoms with Crippen molar-refractivity contribution in [1.29, 1.82) is 0 Å². The number of para-hydroxylation sites is 1. The summed E-state index contributed by atoms with van der Waals surface area (Å²) in [5.74, 6) is 0.117. The van der Waals surface area contributed by atoms with Crippen LogP contribution in [0.1, 0.15) is 15.9 Å². The monoisotopic (exact) mass is 453 g/mol. The Hall–Kier alpha value is -4.20. The van der Waals surface area contributed by atoms with Gasteiger partial charge in [0.2, 0.25) is 0 Å². The third kappa shape index (κ3) is 7.17. The van der Waals surface area contributed by atoms with E-state index in [9.17, 15) is 18.4 Å². The summed E-state index contributed by atoms with van der Waals surface area (Å²) >= 11 is 0. The van der Waals surface area contributed by atoms with E-state index in [2.05, 4.69) is 10.1 Å². The molecule has 0 radical (unpaired) electrons. The highest BCUT2D eigenvalue weighted by Crippen LogP contribution is 2.28. The van der Waals surface area contributed by atoms with Gasteiger partial charge < -0.3 is 19.5 Å². The van der Waals surface area contributed by atoms with Crippen LogP contribution in [0.15, 0.2) is 78.9 Å². The van der Waals surface area contributed by atoms with Gasteiger partial charge in [-0.3, -0.25) is 9.59 Å². The van der Waals surface area contributed by atoms with Gasteiger partial charge in [0.1, 0.15) is 5.75 Å². The summed E-state index contributed by atoms with van der Waals surface area (Å²) in [7, 11) is 1.47. The van der Waals surface area contributed by atoms with Crippen LogP contribution in [0.3, 0.4) is 0 Å². The Morgan fingerprint density at radius 1 is 0.970 bits per heavy atom. The van der Waals surface area contributed by atoms with Crippen molar-refractivity contribution in [2.24, 2.45) is 0 Å². The molecule has 3 rings (SSSR count). The molecule has 3 aromatic rings. The Morgan fingerprint density at radius 3 is 2.36 bits per heavy atom. The molecule has 170 valence electrons. The number of carbonyl (C=O) groups excluding carboxylic acids is 2. The zero-order valence-corrected chi connectivity index (χ0v) is 17.7. The second-order valence-corrected chi connectivity index (χ2v) is 6.71. The second-order valence-electron chi connectivity index (χ2n) is 6.71. The Balaban J connectivity index is 1.59. The van der Waals surface area contributed by atoms with Crippen molar-refractivity contribution in [2.75, 3.05) is 19.0 Å². The minimum atomic E-state index is -2.92. The molecule has 8 heteroatoms. The molecule has 0 heterocycles. The number of alkyl halides is 2. The molecule has 0 bridgehead atoms. The Kier molecular flexibility index (Phi) is 8.13. The Bertz CT molecular complexity index is 1120. The number of hydrogen-bond donors (Lipinski definition) is 1. The zero-order valence-electron chi connectivity index (χ0n) is 17.7. The molecular weight excluding hydrogens is 432 g/mol. The number of ketones is 1. The van der Waals surface area contributed by atoms with Crippen LogP contribution < -0.4 is 19.5 Å². The summed E-state index contributed by atoms with van der Waals surface area (Å²) in [6.45, 7) is -3.13. The molecule has 0 unspecified atom stereocenters. The maximum absolute atomic E-state index is 12.3. The minimum absolute atomic E-state index is 0.0247. The average Bonchev–Trinajstić information content (AvgIpc) is 2.82. The lowest BCUT2D eigenvalue weighted by Gasteiger charge is -2.11. The SMILES string of the molecule is COc1cc(/C=C/C(=O)c2ccc(OC(F)F)cc2)ccc1OCC(=O)Nc1ccccc1. The van der Waals surface area contributed by atoms with Crippen molar-refractivity contribution >= 4 is 23.5 Å². The van der Waals surface area contributed by atoms with Gasteiger partial charge >= 0.3 is 6.61 Å². The van der Waals surface area contributed by atoms with Crippen LogP contribution in [0.4, 0.5) is 14.5 Å². The lowest BCUT2D eigenvalue weighted by molar-refractivity contribution is -0.118. The maximum atomic E-state index is 12.3. The van der Waals surface area contributed by atoms with E-state index in [1.807, 2.05) is 18.2 Å². The molecule has 0 aliphatic carbocycles. The van der Waals surface area contributed by atoms with Crippen LogP contribution in [0.2, 0.25) is 0 Å². The number of rotatable bonds is 10. The fraction of sp³-hybridized carbons (Fsp3) is 0.120. The maximum Gasteiger partial charge on any atom is 0.387 e. The third-order valence-corrected chi connectivity index (χ3v) is 4.40. The van der Waals surface area contributed by atoms with E-state index in [0.29, 0.717) is 28.3 Å². The Morgan fingerprint density at radius 2 is 1.70 bits per heavy atom. The molecule has 3 aromatic carbocycles. The van der Waals surface area contributed by atoms with Crippen LogP contribution in [0.25, 0.3) is 6.08 Å². The summed E-state index contributed by atoms with van der Waals surface area (Å²) in [5.41, 5.74) is 1.66. The van der Waals surface area contributed by atoms with Gasteiger partial charge in [0.25, 0.3) is 5.91 Å². The highest BCUT2D eigenvalue weighted by atomic mass is 19.3. The summed E-state index contributed by atoms with van der Waals surface area (Å²) in [5, 5.41) is 2.72. The van der Waals surface area contributed by atoms with E-state index < -0.39 is 6.61 Å². The standard InChI is InChI=1S/C25H21F2NO5/c1-31-23-15-17(7-13-21(29)18-9-11-20(12-10-18)33-25(26)27)8-14-22(23)32-16-24(30)28-19-5-3-2-4-6-19/h2-15,25H,16H2,1H3,(H,28,30)/b13-7+. The van der Waals surface area contributed by atoms with Crippen LogP contribution in [0.5, 0.6) is 17.2 Å². The summed E-state index contributed by atoms with van der Waals surface area (Å²) in [6.07, 6.45) is 2.94. The predicted octanol–water partition coefficient (Wildman–Crippen LogP) is 5.21. The fourth-order valence-electron chi connectivity index (χ4n) is 2.84. The van der Waals surface area contributed by atoms with Gasteiger partial charge in [-0.2, -0.15) is 8.78 Å². The van der Waals surface area contributed by atoms with E-state index in [1.165, 1.54) is 37.5 Å². The molecule has 1 N–H and O–H groups in total. The van der Waals surface area contributed by atoms with E-state index in [4.69, 9.17) is 9.47 Å². The van der Waals surface area contributed by atoms with E-state index in [1.54, 1.807) is 36.4 Å². The lowest BCUT2D eigenvalue weighted by atomic mass is 10.1. The minimum Gasteiger partial charge on any atom is -0.493 e. The fourth-order valence-corrected chi connectivity index (χ4v) is 2.84. The summed E-state index contributed by atoms with van der Waals surface area (Å²) in [6, 6.07) is 19.4. The highest BCUT2D eigenvalue weighted by molar-refractivity contribution is 6.06.